The first-order valence-corrected chi connectivity index (χ1v) is 4.92. The van der Waals surface area contributed by atoms with Crippen LogP contribution in [0.5, 0.6) is 0 Å². The molecule has 0 fully saturated rings. The molecule has 1 aliphatic rings. The lowest BCUT2D eigenvalue weighted by Gasteiger charge is -2.24. The molecule has 0 bridgehead atoms. The standard InChI is InChI=1S/C10H12N4O2/c11-9-7-8(3-4-10(9)14(15)16)13-6-2-1-5-12-13/h2-4,6-7,12H,1,5,11H2. The summed E-state index contributed by atoms with van der Waals surface area (Å²) >= 11 is 0. The lowest BCUT2D eigenvalue weighted by Crippen LogP contribution is -2.36. The minimum atomic E-state index is -0.488. The van der Waals surface area contributed by atoms with Crippen LogP contribution in [-0.4, -0.2) is 11.5 Å². The highest BCUT2D eigenvalue weighted by molar-refractivity contribution is 5.67. The van der Waals surface area contributed by atoms with Gasteiger partial charge in [-0.05, 0) is 18.6 Å². The van der Waals surface area contributed by atoms with E-state index in [4.69, 9.17) is 5.73 Å². The second-order valence-corrected chi connectivity index (χ2v) is 3.45. The zero-order valence-electron chi connectivity index (χ0n) is 8.59. The number of nitro groups is 1. The van der Waals surface area contributed by atoms with Crippen molar-refractivity contribution >= 4 is 17.1 Å². The van der Waals surface area contributed by atoms with Crippen LogP contribution >= 0.6 is 0 Å². The highest BCUT2D eigenvalue weighted by Gasteiger charge is 2.13. The van der Waals surface area contributed by atoms with Crippen LogP contribution in [0.1, 0.15) is 6.42 Å². The molecule has 0 aromatic heterocycles. The first-order chi connectivity index (χ1) is 7.68. The summed E-state index contributed by atoms with van der Waals surface area (Å²) in [6, 6.07) is 4.66. The highest BCUT2D eigenvalue weighted by Crippen LogP contribution is 2.26. The molecule has 16 heavy (non-hydrogen) atoms. The number of hydrogen-bond donors (Lipinski definition) is 2. The molecular weight excluding hydrogens is 208 g/mol. The molecule has 0 spiro atoms. The average molecular weight is 220 g/mol. The number of nitrogens with one attached hydrogen (secondary N) is 1. The summed E-state index contributed by atoms with van der Waals surface area (Å²) < 4.78 is 0. The van der Waals surface area contributed by atoms with Gasteiger partial charge in [-0.2, -0.15) is 0 Å². The van der Waals surface area contributed by atoms with Crippen molar-refractivity contribution in [3.8, 4) is 0 Å². The molecule has 0 atom stereocenters. The third kappa shape index (κ3) is 1.96. The molecule has 1 aliphatic heterocycles. The Bertz CT molecular complexity index is 444. The molecule has 0 aliphatic carbocycles. The summed E-state index contributed by atoms with van der Waals surface area (Å²) in [5.41, 5.74) is 9.64. The van der Waals surface area contributed by atoms with Gasteiger partial charge >= 0.3 is 0 Å². The van der Waals surface area contributed by atoms with E-state index >= 15 is 0 Å². The minimum Gasteiger partial charge on any atom is -0.393 e. The predicted molar refractivity (Wildman–Crippen MR) is 61.7 cm³/mol. The van der Waals surface area contributed by atoms with Crippen LogP contribution < -0.4 is 16.2 Å². The number of hydrogen-bond acceptors (Lipinski definition) is 5. The van der Waals surface area contributed by atoms with E-state index < -0.39 is 4.92 Å². The first-order valence-electron chi connectivity index (χ1n) is 4.92. The summed E-state index contributed by atoms with van der Waals surface area (Å²) in [5.74, 6) is 0. The van der Waals surface area contributed by atoms with Crippen LogP contribution in [-0.2, 0) is 0 Å². The smallest absolute Gasteiger partial charge is 0.292 e. The Morgan fingerprint density at radius 3 is 2.88 bits per heavy atom. The Labute approximate surface area is 92.5 Å². The Hall–Kier alpha value is -2.08. The van der Waals surface area contributed by atoms with E-state index in [2.05, 4.69) is 5.43 Å². The Balaban J connectivity index is 2.30. The van der Waals surface area contributed by atoms with E-state index in [0.717, 1.165) is 18.7 Å². The van der Waals surface area contributed by atoms with E-state index in [9.17, 15) is 10.1 Å². The fourth-order valence-electron chi connectivity index (χ4n) is 1.54. The molecule has 0 amide bonds. The number of rotatable bonds is 2. The van der Waals surface area contributed by atoms with E-state index in [-0.39, 0.29) is 11.4 Å². The van der Waals surface area contributed by atoms with E-state index in [1.807, 2.05) is 12.3 Å². The number of anilines is 2. The van der Waals surface area contributed by atoms with Crippen molar-refractivity contribution in [1.29, 1.82) is 0 Å². The van der Waals surface area contributed by atoms with E-state index in [1.54, 1.807) is 17.1 Å². The van der Waals surface area contributed by atoms with Gasteiger partial charge < -0.3 is 5.73 Å². The molecule has 6 heteroatoms. The van der Waals surface area contributed by atoms with Gasteiger partial charge in [-0.25, -0.2) is 5.43 Å². The number of benzene rings is 1. The lowest BCUT2D eigenvalue weighted by atomic mass is 10.2. The van der Waals surface area contributed by atoms with Gasteiger partial charge in [0.15, 0.2) is 0 Å². The molecular formula is C10H12N4O2. The van der Waals surface area contributed by atoms with Gasteiger partial charge in [0.2, 0.25) is 0 Å². The second kappa shape index (κ2) is 4.19. The van der Waals surface area contributed by atoms with Gasteiger partial charge in [-0.3, -0.25) is 15.1 Å². The van der Waals surface area contributed by atoms with Gasteiger partial charge in [-0.15, -0.1) is 0 Å². The number of nitrogens with two attached hydrogens (primary N) is 1. The largest absolute Gasteiger partial charge is 0.393 e. The van der Waals surface area contributed by atoms with Crippen molar-refractivity contribution in [3.05, 3.63) is 40.6 Å². The summed E-state index contributed by atoms with van der Waals surface area (Å²) in [7, 11) is 0. The normalized spacial score (nSPS) is 15.1. The van der Waals surface area contributed by atoms with Crippen molar-refractivity contribution in [2.75, 3.05) is 17.3 Å². The van der Waals surface area contributed by atoms with Gasteiger partial charge in [0.25, 0.3) is 5.69 Å². The van der Waals surface area contributed by atoms with Crippen LogP contribution in [0.2, 0.25) is 0 Å². The number of nitrogens with zero attached hydrogens (tertiary/aromatic N) is 2. The highest BCUT2D eigenvalue weighted by atomic mass is 16.6. The van der Waals surface area contributed by atoms with Crippen molar-refractivity contribution in [2.24, 2.45) is 0 Å². The maximum Gasteiger partial charge on any atom is 0.292 e. The summed E-state index contributed by atoms with van der Waals surface area (Å²) in [6.07, 6.45) is 4.87. The maximum absolute atomic E-state index is 10.6. The summed E-state index contributed by atoms with van der Waals surface area (Å²) in [4.78, 5) is 10.1. The molecule has 1 aromatic rings. The topological polar surface area (TPSA) is 84.4 Å². The van der Waals surface area contributed by atoms with Gasteiger partial charge in [0.05, 0.1) is 10.6 Å². The number of hydrazine groups is 1. The SMILES string of the molecule is Nc1cc(N2C=CCCN2)ccc1[N+](=O)[O-]. The first kappa shape index (κ1) is 10.4. The molecule has 0 saturated carbocycles. The Morgan fingerprint density at radius 2 is 2.31 bits per heavy atom. The minimum absolute atomic E-state index is 0.0651. The maximum atomic E-state index is 10.6. The van der Waals surface area contributed by atoms with Crippen LogP contribution in [0.15, 0.2) is 30.5 Å². The fraction of sp³-hybridized carbons (Fsp3) is 0.200. The summed E-state index contributed by atoms with van der Waals surface area (Å²) in [6.45, 7) is 0.841. The monoisotopic (exact) mass is 220 g/mol. The predicted octanol–water partition coefficient (Wildman–Crippen LogP) is 1.41. The summed E-state index contributed by atoms with van der Waals surface area (Å²) in [5, 5.41) is 12.4. The molecule has 1 heterocycles. The molecule has 2 rings (SSSR count). The van der Waals surface area contributed by atoms with Crippen molar-refractivity contribution in [2.45, 2.75) is 6.42 Å². The molecule has 0 unspecified atom stereocenters. The fourth-order valence-corrected chi connectivity index (χ4v) is 1.54. The van der Waals surface area contributed by atoms with Crippen molar-refractivity contribution in [1.82, 2.24) is 5.43 Å². The third-order valence-corrected chi connectivity index (χ3v) is 2.33. The lowest BCUT2D eigenvalue weighted by molar-refractivity contribution is -0.383. The number of nitrogen functional groups attached to an aromatic ring is 1. The molecule has 0 radical (unpaired) electrons. The van der Waals surface area contributed by atoms with E-state index in [1.165, 1.54) is 6.07 Å². The zero-order valence-corrected chi connectivity index (χ0v) is 8.59. The number of nitro benzene ring substituents is 1. The molecule has 1 aromatic carbocycles. The van der Waals surface area contributed by atoms with Crippen LogP contribution in [0.3, 0.4) is 0 Å². The van der Waals surface area contributed by atoms with Crippen LogP contribution in [0.25, 0.3) is 0 Å². The van der Waals surface area contributed by atoms with Gasteiger partial charge in [0, 0.05) is 18.8 Å². The Morgan fingerprint density at radius 1 is 1.50 bits per heavy atom. The van der Waals surface area contributed by atoms with Crippen LogP contribution in [0.4, 0.5) is 17.1 Å². The third-order valence-electron chi connectivity index (χ3n) is 2.33. The Kier molecular flexibility index (Phi) is 2.74. The second-order valence-electron chi connectivity index (χ2n) is 3.45. The van der Waals surface area contributed by atoms with E-state index in [0.29, 0.717) is 0 Å². The zero-order chi connectivity index (χ0) is 11.5. The molecule has 3 N–H and O–H groups in total. The molecule has 0 saturated heterocycles. The average Bonchev–Trinajstić information content (AvgIpc) is 2.29. The molecule has 84 valence electrons. The van der Waals surface area contributed by atoms with Crippen molar-refractivity contribution in [3.63, 3.8) is 0 Å². The van der Waals surface area contributed by atoms with Crippen LogP contribution in [0, 0.1) is 10.1 Å². The quantitative estimate of drug-likeness (QED) is 0.447. The van der Waals surface area contributed by atoms with Gasteiger partial charge in [0.1, 0.15) is 5.69 Å². The molecule has 6 nitrogen and oxygen atoms in total. The van der Waals surface area contributed by atoms with Gasteiger partial charge in [-0.1, -0.05) is 6.08 Å². The van der Waals surface area contributed by atoms with Crippen molar-refractivity contribution < 1.29 is 4.92 Å².